The number of halogens is 1. The summed E-state index contributed by atoms with van der Waals surface area (Å²) in [7, 11) is 0. The summed E-state index contributed by atoms with van der Waals surface area (Å²) in [5.41, 5.74) is 6.17. The first-order valence-electron chi connectivity index (χ1n) is 13.0. The zero-order valence-electron chi connectivity index (χ0n) is 22.0. The van der Waals surface area contributed by atoms with E-state index in [0.717, 1.165) is 33.6 Å². The summed E-state index contributed by atoms with van der Waals surface area (Å²) < 4.78 is 7.18. The van der Waals surface area contributed by atoms with Crippen LogP contribution in [0, 0.1) is 18.3 Å². The van der Waals surface area contributed by atoms with E-state index in [1.54, 1.807) is 12.4 Å². The van der Waals surface area contributed by atoms with E-state index in [4.69, 9.17) is 16.3 Å². The average Bonchev–Trinajstić information content (AvgIpc) is 3.41. The third kappa shape index (κ3) is 4.95. The first kappa shape index (κ1) is 25.7. The lowest BCUT2D eigenvalue weighted by molar-refractivity contribution is -0.0293. The molecule has 2 aromatic carbocycles. The highest BCUT2D eigenvalue weighted by atomic mass is 35.5. The lowest BCUT2D eigenvalue weighted by Crippen LogP contribution is -2.31. The van der Waals surface area contributed by atoms with Crippen molar-refractivity contribution in [1.82, 2.24) is 25.0 Å². The molecule has 2 N–H and O–H groups in total. The maximum atomic E-state index is 9.93. The summed E-state index contributed by atoms with van der Waals surface area (Å²) in [5, 5.41) is 27.2. The Bertz CT molecular complexity index is 1710. The summed E-state index contributed by atoms with van der Waals surface area (Å²) in [6, 6.07) is 19.9. The Morgan fingerprint density at radius 1 is 1.10 bits per heavy atom. The van der Waals surface area contributed by atoms with Crippen molar-refractivity contribution in [1.29, 1.82) is 5.26 Å². The van der Waals surface area contributed by atoms with Crippen LogP contribution in [0.4, 0.5) is 11.4 Å². The topological polar surface area (TPSA) is 114 Å². The molecule has 0 radical (unpaired) electrons. The third-order valence-electron chi connectivity index (χ3n) is 7.19. The van der Waals surface area contributed by atoms with Gasteiger partial charge in [-0.2, -0.15) is 5.26 Å². The monoisotopic (exact) mass is 550 g/mol. The highest BCUT2D eigenvalue weighted by Gasteiger charge is 2.26. The molecule has 40 heavy (non-hydrogen) atoms. The Labute approximate surface area is 236 Å². The molecule has 9 nitrogen and oxygen atoms in total. The minimum absolute atomic E-state index is 0.0504. The number of fused-ring (bicyclic) bond motifs is 1. The molecule has 0 amide bonds. The summed E-state index contributed by atoms with van der Waals surface area (Å²) in [6.07, 6.45) is 5.28. The quantitative estimate of drug-likeness (QED) is 0.242. The predicted molar refractivity (Wildman–Crippen MR) is 154 cm³/mol. The van der Waals surface area contributed by atoms with Gasteiger partial charge in [-0.25, -0.2) is 4.68 Å². The van der Waals surface area contributed by atoms with Gasteiger partial charge in [-0.05, 0) is 37.6 Å². The molecule has 10 heteroatoms. The molecule has 4 heterocycles. The SMILES string of the molecule is Cc1ncccc1[C@H](Nc1cc(Cl)c2ncc(C#N)c(N[C@H](C)c3ccccc3)c2c1)c1cn(C2COC2)nn1. The number of anilines is 2. The lowest BCUT2D eigenvalue weighted by atomic mass is 10.0. The molecule has 200 valence electrons. The second kappa shape index (κ2) is 10.9. The number of rotatable bonds is 8. The van der Waals surface area contributed by atoms with Crippen molar-refractivity contribution >= 4 is 33.9 Å². The van der Waals surface area contributed by atoms with Crippen molar-refractivity contribution in [3.63, 3.8) is 0 Å². The van der Waals surface area contributed by atoms with Gasteiger partial charge in [0.15, 0.2) is 0 Å². The molecular weight excluding hydrogens is 524 g/mol. The summed E-state index contributed by atoms with van der Waals surface area (Å²) in [4.78, 5) is 9.02. The van der Waals surface area contributed by atoms with Crippen LogP contribution in [0.5, 0.6) is 0 Å². The molecule has 5 aromatic rings. The largest absolute Gasteiger partial charge is 0.377 e. The first-order valence-corrected chi connectivity index (χ1v) is 13.4. The number of nitrogens with zero attached hydrogens (tertiary/aromatic N) is 6. The third-order valence-corrected chi connectivity index (χ3v) is 7.48. The van der Waals surface area contributed by atoms with Gasteiger partial charge in [0.2, 0.25) is 0 Å². The fraction of sp³-hybridized carbons (Fsp3) is 0.233. The van der Waals surface area contributed by atoms with E-state index in [1.807, 2.05) is 60.3 Å². The minimum Gasteiger partial charge on any atom is -0.377 e. The number of nitriles is 1. The molecule has 6 rings (SSSR count). The Hall–Kier alpha value is -4.52. The average molecular weight is 551 g/mol. The number of aromatic nitrogens is 5. The summed E-state index contributed by atoms with van der Waals surface area (Å²) >= 11 is 6.79. The van der Waals surface area contributed by atoms with Gasteiger partial charge in [-0.15, -0.1) is 5.10 Å². The van der Waals surface area contributed by atoms with Gasteiger partial charge in [0.25, 0.3) is 0 Å². The highest BCUT2D eigenvalue weighted by Crippen LogP contribution is 2.37. The van der Waals surface area contributed by atoms with Gasteiger partial charge in [0.1, 0.15) is 17.8 Å². The fourth-order valence-electron chi connectivity index (χ4n) is 4.88. The number of benzene rings is 2. The van der Waals surface area contributed by atoms with Gasteiger partial charge in [-0.3, -0.25) is 9.97 Å². The first-order chi connectivity index (χ1) is 19.5. The van der Waals surface area contributed by atoms with Crippen LogP contribution in [-0.4, -0.2) is 38.2 Å². The van der Waals surface area contributed by atoms with E-state index in [-0.39, 0.29) is 18.1 Å². The maximum Gasteiger partial charge on any atom is 0.110 e. The Morgan fingerprint density at radius 3 is 2.65 bits per heavy atom. The van der Waals surface area contributed by atoms with E-state index >= 15 is 0 Å². The lowest BCUT2D eigenvalue weighted by Gasteiger charge is -2.25. The Kier molecular flexibility index (Phi) is 7.03. The standard InChI is InChI=1S/C30H27ClN8O/c1-18(20-7-4-3-5-8-20)35-28-21(13-32)14-34-29-25(28)11-22(12-26(29)31)36-30(24-9-6-10-33-19(24)2)27-15-39(38-37-27)23-16-40-17-23/h3-12,14-15,18,23,30,36H,16-17H2,1-2H3,(H,34,35)/t18-,30+/m1/s1. The second-order valence-corrected chi connectivity index (χ2v) is 10.3. The van der Waals surface area contributed by atoms with Crippen molar-refractivity contribution in [3.05, 3.63) is 106 Å². The summed E-state index contributed by atoms with van der Waals surface area (Å²) in [6.45, 7) is 5.28. The van der Waals surface area contributed by atoms with Crippen LogP contribution in [0.3, 0.4) is 0 Å². The van der Waals surface area contributed by atoms with Crippen LogP contribution in [-0.2, 0) is 4.74 Å². The van der Waals surface area contributed by atoms with Gasteiger partial charge < -0.3 is 15.4 Å². The van der Waals surface area contributed by atoms with Gasteiger partial charge in [0.05, 0.1) is 47.2 Å². The van der Waals surface area contributed by atoms with Crippen molar-refractivity contribution in [2.45, 2.75) is 32.0 Å². The zero-order valence-corrected chi connectivity index (χ0v) is 22.8. The van der Waals surface area contributed by atoms with Crippen LogP contribution in [0.15, 0.2) is 73.2 Å². The highest BCUT2D eigenvalue weighted by molar-refractivity contribution is 6.35. The number of pyridine rings is 2. The summed E-state index contributed by atoms with van der Waals surface area (Å²) in [5.74, 6) is 0. The van der Waals surface area contributed by atoms with E-state index in [0.29, 0.717) is 35.0 Å². The maximum absolute atomic E-state index is 9.93. The van der Waals surface area contributed by atoms with Crippen LogP contribution in [0.2, 0.25) is 5.02 Å². The molecule has 2 atom stereocenters. The predicted octanol–water partition coefficient (Wildman–Crippen LogP) is 6.00. The molecule has 0 unspecified atom stereocenters. The Morgan fingerprint density at radius 2 is 1.93 bits per heavy atom. The van der Waals surface area contributed by atoms with Crippen LogP contribution >= 0.6 is 11.6 Å². The molecule has 1 fully saturated rings. The van der Waals surface area contributed by atoms with Crippen molar-refractivity contribution in [2.75, 3.05) is 23.8 Å². The second-order valence-electron chi connectivity index (χ2n) is 9.86. The number of nitrogens with one attached hydrogen (secondary N) is 2. The van der Waals surface area contributed by atoms with Gasteiger partial charge >= 0.3 is 0 Å². The van der Waals surface area contributed by atoms with Crippen molar-refractivity contribution in [2.24, 2.45) is 0 Å². The molecule has 1 aliphatic heterocycles. The molecule has 0 bridgehead atoms. The van der Waals surface area contributed by atoms with E-state index < -0.39 is 0 Å². The van der Waals surface area contributed by atoms with Crippen molar-refractivity contribution < 1.29 is 4.74 Å². The smallest absolute Gasteiger partial charge is 0.110 e. The molecular formula is C30H27ClN8O. The van der Waals surface area contributed by atoms with Crippen molar-refractivity contribution in [3.8, 4) is 6.07 Å². The number of ether oxygens (including phenoxy) is 1. The van der Waals surface area contributed by atoms with Crippen LogP contribution in [0.1, 0.15) is 53.1 Å². The van der Waals surface area contributed by atoms with E-state index in [1.165, 1.54) is 0 Å². The fourth-order valence-corrected chi connectivity index (χ4v) is 5.15. The molecule has 3 aromatic heterocycles. The molecule has 1 saturated heterocycles. The number of hydrogen-bond donors (Lipinski definition) is 2. The Balaban J connectivity index is 1.42. The molecule has 0 spiro atoms. The number of aryl methyl sites for hydroxylation is 1. The van der Waals surface area contributed by atoms with Crippen LogP contribution < -0.4 is 10.6 Å². The minimum atomic E-state index is -0.344. The molecule has 1 aliphatic rings. The van der Waals surface area contributed by atoms with E-state index in [9.17, 15) is 5.26 Å². The van der Waals surface area contributed by atoms with E-state index in [2.05, 4.69) is 56.0 Å². The van der Waals surface area contributed by atoms with Gasteiger partial charge in [0, 0.05) is 40.8 Å². The van der Waals surface area contributed by atoms with Gasteiger partial charge in [-0.1, -0.05) is 53.2 Å². The molecule has 0 aliphatic carbocycles. The molecule has 0 saturated carbocycles. The number of hydrogen-bond acceptors (Lipinski definition) is 8. The normalized spacial score (nSPS) is 14.8. The van der Waals surface area contributed by atoms with Crippen LogP contribution in [0.25, 0.3) is 10.9 Å². The zero-order chi connectivity index (χ0) is 27.6.